The van der Waals surface area contributed by atoms with E-state index in [0.717, 1.165) is 22.7 Å². The molecule has 1 heterocycles. The Kier molecular flexibility index (Phi) is 4.73. The number of hydrogen-bond acceptors (Lipinski definition) is 3. The van der Waals surface area contributed by atoms with Crippen molar-refractivity contribution in [3.05, 3.63) is 88.9 Å². The van der Waals surface area contributed by atoms with Gasteiger partial charge in [0.2, 0.25) is 0 Å². The normalized spacial score (nSPS) is 15.6. The lowest BCUT2D eigenvalue weighted by molar-refractivity contribution is 0.0993. The van der Waals surface area contributed by atoms with E-state index in [-0.39, 0.29) is 12.1 Å². The van der Waals surface area contributed by atoms with Crippen LogP contribution in [-0.2, 0) is 0 Å². The molecule has 1 atom stereocenters. The topological polar surface area (TPSA) is 41.6 Å². The quantitative estimate of drug-likeness (QED) is 0.636. The molecule has 0 spiro atoms. The van der Waals surface area contributed by atoms with Crippen LogP contribution in [0, 0.1) is 0 Å². The average molecular weight is 379 g/mol. The Bertz CT molecular complexity index is 955. The molecule has 1 N–H and O–H groups in total. The lowest BCUT2D eigenvalue weighted by atomic mass is 10.1. The zero-order valence-electron chi connectivity index (χ0n) is 14.9. The van der Waals surface area contributed by atoms with Crippen LogP contribution in [0.25, 0.3) is 0 Å². The molecule has 0 unspecified atom stereocenters. The summed E-state index contributed by atoms with van der Waals surface area (Å²) in [6.07, 6.45) is -0.298. The Balaban J connectivity index is 1.70. The van der Waals surface area contributed by atoms with Crippen LogP contribution >= 0.6 is 11.6 Å². The highest BCUT2D eigenvalue weighted by Gasteiger charge is 2.37. The summed E-state index contributed by atoms with van der Waals surface area (Å²) in [6, 6.07) is 22.7. The van der Waals surface area contributed by atoms with Crippen LogP contribution in [0.5, 0.6) is 5.75 Å². The van der Waals surface area contributed by atoms with E-state index in [0.29, 0.717) is 17.2 Å². The Hall–Kier alpha value is -2.98. The third kappa shape index (κ3) is 3.36. The number of hydrogen-bond donors (Lipinski definition) is 1. The van der Waals surface area contributed by atoms with Crippen molar-refractivity contribution in [1.82, 2.24) is 0 Å². The van der Waals surface area contributed by atoms with Gasteiger partial charge in [0, 0.05) is 27.5 Å². The van der Waals surface area contributed by atoms with Gasteiger partial charge in [-0.05, 0) is 61.5 Å². The second-order valence-corrected chi connectivity index (χ2v) is 6.68. The Morgan fingerprint density at radius 1 is 1.00 bits per heavy atom. The van der Waals surface area contributed by atoms with E-state index < -0.39 is 0 Å². The van der Waals surface area contributed by atoms with Crippen LogP contribution in [0.4, 0.5) is 11.4 Å². The number of halogens is 1. The highest BCUT2D eigenvalue weighted by atomic mass is 35.5. The minimum Gasteiger partial charge on any atom is -0.494 e. The molecule has 1 amide bonds. The Labute approximate surface area is 163 Å². The maximum atomic E-state index is 13.1. The van der Waals surface area contributed by atoms with Crippen LogP contribution in [0.1, 0.15) is 29.0 Å². The van der Waals surface area contributed by atoms with E-state index in [2.05, 4.69) is 5.32 Å². The summed E-state index contributed by atoms with van der Waals surface area (Å²) >= 11 is 6.02. The minimum atomic E-state index is -0.298. The second kappa shape index (κ2) is 7.33. The standard InChI is InChI=1S/C22H19ClN2O2/c1-2-27-18-13-9-16(10-14-18)24-21-19-5-3-4-6-20(19)22(26)25(21)17-11-7-15(23)8-12-17/h3-14,21,24H,2H2,1H3/t21-/m0/s1. The molecule has 0 aromatic heterocycles. The van der Waals surface area contributed by atoms with Crippen molar-refractivity contribution in [3.63, 3.8) is 0 Å². The number of amides is 1. The second-order valence-electron chi connectivity index (χ2n) is 6.24. The molecule has 3 aromatic carbocycles. The first-order chi connectivity index (χ1) is 13.2. The van der Waals surface area contributed by atoms with Crippen LogP contribution in [0.15, 0.2) is 72.8 Å². The van der Waals surface area contributed by atoms with Gasteiger partial charge in [0.15, 0.2) is 0 Å². The molecule has 0 saturated carbocycles. The molecule has 0 fully saturated rings. The summed E-state index contributed by atoms with van der Waals surface area (Å²) in [7, 11) is 0. The molecule has 27 heavy (non-hydrogen) atoms. The zero-order valence-corrected chi connectivity index (χ0v) is 15.6. The van der Waals surface area contributed by atoms with E-state index in [1.54, 1.807) is 17.0 Å². The number of ether oxygens (including phenoxy) is 1. The number of carbonyl (C=O) groups is 1. The maximum absolute atomic E-state index is 13.1. The number of nitrogens with one attached hydrogen (secondary N) is 1. The van der Waals surface area contributed by atoms with Crippen LogP contribution < -0.4 is 15.0 Å². The van der Waals surface area contributed by atoms with Crippen LogP contribution in [0.3, 0.4) is 0 Å². The summed E-state index contributed by atoms with van der Waals surface area (Å²) in [5.41, 5.74) is 3.36. The smallest absolute Gasteiger partial charge is 0.260 e. The fraction of sp³-hybridized carbons (Fsp3) is 0.136. The first-order valence-electron chi connectivity index (χ1n) is 8.85. The molecular weight excluding hydrogens is 360 g/mol. The summed E-state index contributed by atoms with van der Waals surface area (Å²) in [6.45, 7) is 2.58. The van der Waals surface area contributed by atoms with E-state index in [9.17, 15) is 4.79 Å². The lowest BCUT2D eigenvalue weighted by Gasteiger charge is -2.27. The number of nitrogens with zero attached hydrogens (tertiary/aromatic N) is 1. The monoisotopic (exact) mass is 378 g/mol. The molecule has 5 heteroatoms. The summed E-state index contributed by atoms with van der Waals surface area (Å²) in [5, 5.41) is 4.11. The van der Waals surface area contributed by atoms with Crippen molar-refractivity contribution >= 4 is 28.9 Å². The van der Waals surface area contributed by atoms with Crippen LogP contribution in [-0.4, -0.2) is 12.5 Å². The van der Waals surface area contributed by atoms with Gasteiger partial charge < -0.3 is 10.1 Å². The van der Waals surface area contributed by atoms with Crippen molar-refractivity contribution in [1.29, 1.82) is 0 Å². The van der Waals surface area contributed by atoms with Gasteiger partial charge in [-0.2, -0.15) is 0 Å². The van der Waals surface area contributed by atoms with Gasteiger partial charge in [0.05, 0.1) is 6.61 Å². The third-order valence-electron chi connectivity index (χ3n) is 4.54. The van der Waals surface area contributed by atoms with Crippen molar-refractivity contribution in [2.45, 2.75) is 13.1 Å². The first kappa shape index (κ1) is 17.4. The number of carbonyl (C=O) groups excluding carboxylic acids is 1. The zero-order chi connectivity index (χ0) is 18.8. The molecule has 0 bridgehead atoms. The van der Waals surface area contributed by atoms with Crippen molar-refractivity contribution in [3.8, 4) is 5.75 Å². The number of anilines is 2. The fourth-order valence-corrected chi connectivity index (χ4v) is 3.42. The molecule has 0 saturated heterocycles. The van der Waals surface area contributed by atoms with Crippen molar-refractivity contribution in [2.24, 2.45) is 0 Å². The maximum Gasteiger partial charge on any atom is 0.260 e. The summed E-state index contributed by atoms with van der Waals surface area (Å²) < 4.78 is 5.50. The summed E-state index contributed by atoms with van der Waals surface area (Å²) in [5.74, 6) is 0.789. The molecule has 0 aliphatic carbocycles. The molecule has 136 valence electrons. The van der Waals surface area contributed by atoms with E-state index in [4.69, 9.17) is 16.3 Å². The van der Waals surface area contributed by atoms with E-state index in [1.807, 2.05) is 67.6 Å². The molecule has 1 aliphatic rings. The van der Waals surface area contributed by atoms with Crippen molar-refractivity contribution in [2.75, 3.05) is 16.8 Å². The number of rotatable bonds is 5. The van der Waals surface area contributed by atoms with Gasteiger partial charge in [-0.15, -0.1) is 0 Å². The van der Waals surface area contributed by atoms with Gasteiger partial charge in [0.1, 0.15) is 11.9 Å². The summed E-state index contributed by atoms with van der Waals surface area (Å²) in [4.78, 5) is 14.8. The molecule has 1 aliphatic heterocycles. The largest absolute Gasteiger partial charge is 0.494 e. The van der Waals surface area contributed by atoms with Gasteiger partial charge in [0.25, 0.3) is 5.91 Å². The molecule has 4 nitrogen and oxygen atoms in total. The lowest BCUT2D eigenvalue weighted by Crippen LogP contribution is -2.32. The first-order valence-corrected chi connectivity index (χ1v) is 9.22. The predicted octanol–water partition coefficient (Wildman–Crippen LogP) is 5.51. The average Bonchev–Trinajstić information content (AvgIpc) is 2.97. The molecule has 0 radical (unpaired) electrons. The van der Waals surface area contributed by atoms with Crippen LogP contribution in [0.2, 0.25) is 5.02 Å². The third-order valence-corrected chi connectivity index (χ3v) is 4.79. The van der Waals surface area contributed by atoms with Gasteiger partial charge in [-0.1, -0.05) is 29.8 Å². The minimum absolute atomic E-state index is 0.0311. The van der Waals surface area contributed by atoms with E-state index >= 15 is 0 Å². The molecular formula is C22H19ClN2O2. The molecule has 4 rings (SSSR count). The van der Waals surface area contributed by atoms with Crippen molar-refractivity contribution < 1.29 is 9.53 Å². The van der Waals surface area contributed by atoms with Gasteiger partial charge in [-0.25, -0.2) is 0 Å². The van der Waals surface area contributed by atoms with E-state index in [1.165, 1.54) is 0 Å². The van der Waals surface area contributed by atoms with Gasteiger partial charge >= 0.3 is 0 Å². The number of benzene rings is 3. The highest BCUT2D eigenvalue weighted by molar-refractivity contribution is 6.30. The number of fused-ring (bicyclic) bond motifs is 1. The fourth-order valence-electron chi connectivity index (χ4n) is 3.30. The predicted molar refractivity (Wildman–Crippen MR) is 109 cm³/mol. The SMILES string of the molecule is CCOc1ccc(N[C@@H]2c3ccccc3C(=O)N2c2ccc(Cl)cc2)cc1. The van der Waals surface area contributed by atoms with Gasteiger partial charge in [-0.3, -0.25) is 9.69 Å². The Morgan fingerprint density at radius 2 is 1.70 bits per heavy atom. The Morgan fingerprint density at radius 3 is 2.41 bits per heavy atom. The molecule has 3 aromatic rings. The highest BCUT2D eigenvalue weighted by Crippen LogP contribution is 2.38.